The third-order valence-corrected chi connectivity index (χ3v) is 7.63. The number of ether oxygens (including phenoxy) is 2. The number of carboxylic acid groups (broad SMARTS) is 1. The van der Waals surface area contributed by atoms with E-state index < -0.39 is 23.5 Å². The van der Waals surface area contributed by atoms with Crippen molar-refractivity contribution in [1.82, 2.24) is 14.5 Å². The average molecular weight is 606 g/mol. The first kappa shape index (κ1) is 29.3. The number of fused-ring (bicyclic) bond motifs is 1. The van der Waals surface area contributed by atoms with E-state index in [-0.39, 0.29) is 23.6 Å². The number of pyridine rings is 1. The number of imidazole rings is 1. The fraction of sp³-hybridized carbons (Fsp3) is 0.242. The van der Waals surface area contributed by atoms with Gasteiger partial charge >= 0.3 is 12.1 Å². The van der Waals surface area contributed by atoms with Gasteiger partial charge in [0.1, 0.15) is 18.2 Å². The van der Waals surface area contributed by atoms with Crippen molar-refractivity contribution in [2.24, 2.45) is 5.92 Å². The molecule has 0 radical (unpaired) electrons. The molecule has 0 spiro atoms. The normalized spacial score (nSPS) is 15.1. The third kappa shape index (κ3) is 6.42. The fourth-order valence-electron chi connectivity index (χ4n) is 5.25. The van der Waals surface area contributed by atoms with Gasteiger partial charge < -0.3 is 19.1 Å². The van der Waals surface area contributed by atoms with Crippen LogP contribution >= 0.6 is 0 Å². The van der Waals surface area contributed by atoms with Gasteiger partial charge in [-0.3, -0.25) is 0 Å². The summed E-state index contributed by atoms with van der Waals surface area (Å²) in [6, 6.07) is 20.2. The summed E-state index contributed by atoms with van der Waals surface area (Å²) in [5.41, 5.74) is 3.06. The number of rotatable bonds is 9. The summed E-state index contributed by atoms with van der Waals surface area (Å²) in [4.78, 5) is 20.9. The maximum absolute atomic E-state index is 14.2. The lowest BCUT2D eigenvalue weighted by Gasteiger charge is -2.14. The Balaban J connectivity index is 1.18. The summed E-state index contributed by atoms with van der Waals surface area (Å²) in [5.74, 6) is -0.643. The van der Waals surface area contributed by atoms with Crippen molar-refractivity contribution in [3.8, 4) is 17.1 Å². The highest BCUT2D eigenvalue weighted by Crippen LogP contribution is 2.31. The molecule has 0 bridgehead atoms. The molecular formula is C33H27F4N3O4. The van der Waals surface area contributed by atoms with Gasteiger partial charge in [-0.2, -0.15) is 13.2 Å². The molecule has 1 atom stereocenters. The number of halogens is 4. The first-order valence-corrected chi connectivity index (χ1v) is 14.0. The lowest BCUT2D eigenvalue weighted by Crippen LogP contribution is -2.14. The van der Waals surface area contributed by atoms with Crippen molar-refractivity contribution >= 4 is 17.0 Å². The molecule has 3 heterocycles. The SMILES string of the molecule is O=C(O)c1ccc2nc(Cc3ccc(-c4cccc(OCc5ccc(C(F)(F)F)cc5F)n4)cc3)n(C[C@@H]3CCOC3)c2c1. The average Bonchev–Trinajstić information content (AvgIpc) is 3.64. The maximum atomic E-state index is 14.2. The largest absolute Gasteiger partial charge is 0.478 e. The minimum absolute atomic E-state index is 0.0137. The predicted octanol–water partition coefficient (Wildman–Crippen LogP) is 7.16. The number of hydrogen-bond acceptors (Lipinski definition) is 5. The van der Waals surface area contributed by atoms with Gasteiger partial charge in [0.2, 0.25) is 5.88 Å². The smallest absolute Gasteiger partial charge is 0.416 e. The molecule has 2 aromatic heterocycles. The van der Waals surface area contributed by atoms with E-state index in [0.29, 0.717) is 43.9 Å². The number of aromatic carboxylic acids is 1. The van der Waals surface area contributed by atoms with E-state index in [1.165, 1.54) is 0 Å². The van der Waals surface area contributed by atoms with Gasteiger partial charge in [0.25, 0.3) is 0 Å². The quantitative estimate of drug-likeness (QED) is 0.180. The Morgan fingerprint density at radius 2 is 1.84 bits per heavy atom. The second-order valence-electron chi connectivity index (χ2n) is 10.7. The van der Waals surface area contributed by atoms with Crippen molar-refractivity contribution in [3.63, 3.8) is 0 Å². The van der Waals surface area contributed by atoms with Crippen LogP contribution in [0.5, 0.6) is 5.88 Å². The number of hydrogen-bond donors (Lipinski definition) is 1. The first-order valence-electron chi connectivity index (χ1n) is 14.0. The van der Waals surface area contributed by atoms with E-state index in [9.17, 15) is 27.5 Å². The third-order valence-electron chi connectivity index (χ3n) is 7.63. The van der Waals surface area contributed by atoms with E-state index in [2.05, 4.69) is 9.55 Å². The van der Waals surface area contributed by atoms with E-state index in [4.69, 9.17) is 14.5 Å². The molecule has 7 nitrogen and oxygen atoms in total. The zero-order chi connectivity index (χ0) is 30.8. The molecule has 0 saturated carbocycles. The highest BCUT2D eigenvalue weighted by Gasteiger charge is 2.31. The lowest BCUT2D eigenvalue weighted by atomic mass is 10.1. The van der Waals surface area contributed by atoms with Crippen molar-refractivity contribution in [2.45, 2.75) is 32.2 Å². The minimum atomic E-state index is -4.63. The molecule has 226 valence electrons. The minimum Gasteiger partial charge on any atom is -0.478 e. The highest BCUT2D eigenvalue weighted by molar-refractivity contribution is 5.92. The van der Waals surface area contributed by atoms with E-state index in [1.54, 1.807) is 36.4 Å². The molecule has 1 N–H and O–H groups in total. The van der Waals surface area contributed by atoms with Crippen LogP contribution in [0.1, 0.15) is 39.3 Å². The number of benzene rings is 3. The molecule has 1 fully saturated rings. The van der Waals surface area contributed by atoms with Crippen molar-refractivity contribution in [3.05, 3.63) is 113 Å². The summed E-state index contributed by atoms with van der Waals surface area (Å²) >= 11 is 0. The van der Waals surface area contributed by atoms with Crippen LogP contribution in [0, 0.1) is 11.7 Å². The van der Waals surface area contributed by atoms with E-state index in [0.717, 1.165) is 46.5 Å². The summed E-state index contributed by atoms with van der Waals surface area (Å²) in [6.45, 7) is 1.77. The van der Waals surface area contributed by atoms with Crippen LogP contribution in [0.15, 0.2) is 78.9 Å². The fourth-order valence-corrected chi connectivity index (χ4v) is 5.25. The molecule has 0 amide bonds. The molecule has 0 aliphatic carbocycles. The summed E-state index contributed by atoms with van der Waals surface area (Å²) in [5, 5.41) is 9.51. The van der Waals surface area contributed by atoms with Crippen LogP contribution in [0.2, 0.25) is 0 Å². The number of carboxylic acids is 1. The topological polar surface area (TPSA) is 86.5 Å². The van der Waals surface area contributed by atoms with Gasteiger partial charge in [-0.15, -0.1) is 0 Å². The number of alkyl halides is 3. The zero-order valence-electron chi connectivity index (χ0n) is 23.4. The molecular weight excluding hydrogens is 578 g/mol. The Labute approximate surface area is 249 Å². The first-order chi connectivity index (χ1) is 21.1. The Bertz CT molecular complexity index is 1810. The van der Waals surface area contributed by atoms with Crippen molar-refractivity contribution < 1.29 is 36.9 Å². The molecule has 5 aromatic rings. The van der Waals surface area contributed by atoms with E-state index in [1.807, 2.05) is 24.3 Å². The molecule has 3 aromatic carbocycles. The molecule has 44 heavy (non-hydrogen) atoms. The van der Waals surface area contributed by atoms with Crippen LogP contribution in [-0.2, 0) is 30.5 Å². The summed E-state index contributed by atoms with van der Waals surface area (Å²) in [7, 11) is 0. The Morgan fingerprint density at radius 1 is 1.02 bits per heavy atom. The summed E-state index contributed by atoms with van der Waals surface area (Å²) in [6.07, 6.45) is -3.17. The number of aromatic nitrogens is 3. The van der Waals surface area contributed by atoms with Gasteiger partial charge in [0.15, 0.2) is 0 Å². The van der Waals surface area contributed by atoms with Gasteiger partial charge in [-0.1, -0.05) is 36.4 Å². The van der Waals surface area contributed by atoms with Crippen LogP contribution in [0.4, 0.5) is 17.6 Å². The number of nitrogens with zero attached hydrogens (tertiary/aromatic N) is 3. The molecule has 1 aliphatic heterocycles. The highest BCUT2D eigenvalue weighted by atomic mass is 19.4. The van der Waals surface area contributed by atoms with Gasteiger partial charge in [0, 0.05) is 42.7 Å². The Hall–Kier alpha value is -4.77. The Morgan fingerprint density at radius 3 is 2.55 bits per heavy atom. The van der Waals surface area contributed by atoms with Crippen LogP contribution in [-0.4, -0.2) is 38.8 Å². The number of carbonyl (C=O) groups is 1. The van der Waals surface area contributed by atoms with Gasteiger partial charge in [-0.05, 0) is 48.4 Å². The molecule has 6 rings (SSSR count). The maximum Gasteiger partial charge on any atom is 0.416 e. The van der Waals surface area contributed by atoms with Crippen molar-refractivity contribution in [1.29, 1.82) is 0 Å². The van der Waals surface area contributed by atoms with E-state index >= 15 is 0 Å². The lowest BCUT2D eigenvalue weighted by molar-refractivity contribution is -0.137. The predicted molar refractivity (Wildman–Crippen MR) is 154 cm³/mol. The molecule has 0 unspecified atom stereocenters. The second kappa shape index (κ2) is 12.1. The second-order valence-corrected chi connectivity index (χ2v) is 10.7. The van der Waals surface area contributed by atoms with Crippen LogP contribution < -0.4 is 4.74 Å². The van der Waals surface area contributed by atoms with Gasteiger partial charge in [0.05, 0.1) is 34.5 Å². The van der Waals surface area contributed by atoms with Crippen LogP contribution in [0.3, 0.4) is 0 Å². The Kier molecular flexibility index (Phi) is 8.05. The van der Waals surface area contributed by atoms with Gasteiger partial charge in [-0.25, -0.2) is 19.2 Å². The van der Waals surface area contributed by atoms with Crippen LogP contribution in [0.25, 0.3) is 22.3 Å². The van der Waals surface area contributed by atoms with Crippen molar-refractivity contribution in [2.75, 3.05) is 13.2 Å². The molecule has 1 saturated heterocycles. The molecule has 11 heteroatoms. The standard InChI is InChI=1S/C33H27F4N3O4/c34-26-16-25(33(35,36)37)10-8-24(26)19-44-31-3-1-2-27(39-31)22-6-4-20(5-7-22)14-30-38-28-11-9-23(32(41)42)15-29(28)40(30)17-21-12-13-43-18-21/h1-11,15-16,21H,12-14,17-19H2,(H,41,42)/t21-/m0/s1. The monoisotopic (exact) mass is 605 g/mol. The molecule has 1 aliphatic rings. The summed E-state index contributed by atoms with van der Waals surface area (Å²) < 4.78 is 66.0. The zero-order valence-corrected chi connectivity index (χ0v) is 23.4.